The summed E-state index contributed by atoms with van der Waals surface area (Å²) in [6, 6.07) is 14.4. The van der Waals surface area contributed by atoms with Gasteiger partial charge in [0.2, 0.25) is 11.8 Å². The minimum absolute atomic E-state index is 0.150. The Morgan fingerprint density at radius 3 is 2.32 bits per heavy atom. The lowest BCUT2D eigenvalue weighted by atomic mass is 10.1. The quantitative estimate of drug-likeness (QED) is 0.878. The number of rotatable bonds is 6. The van der Waals surface area contributed by atoms with Gasteiger partial charge in [0, 0.05) is 25.7 Å². The van der Waals surface area contributed by atoms with E-state index in [4.69, 9.17) is 5.26 Å². The number of anilines is 1. The monoisotopic (exact) mass is 339 g/mol. The molecule has 0 aliphatic heterocycles. The van der Waals surface area contributed by atoms with Crippen molar-refractivity contribution in [3.8, 4) is 6.07 Å². The molecule has 0 heterocycles. The van der Waals surface area contributed by atoms with E-state index >= 15 is 0 Å². The summed E-state index contributed by atoms with van der Waals surface area (Å²) in [5.41, 5.74) is 1.90. The summed E-state index contributed by atoms with van der Waals surface area (Å²) in [4.78, 5) is 25.3. The van der Waals surface area contributed by atoms with Crippen LogP contribution in [0, 0.1) is 17.1 Å². The second-order valence-electron chi connectivity index (χ2n) is 5.48. The molecule has 0 unspecified atom stereocenters. The number of amides is 2. The van der Waals surface area contributed by atoms with Crippen LogP contribution in [0.5, 0.6) is 0 Å². The maximum Gasteiger partial charge on any atom is 0.224 e. The Kier molecular flexibility index (Phi) is 6.24. The number of halogens is 1. The van der Waals surface area contributed by atoms with Gasteiger partial charge < -0.3 is 10.2 Å². The smallest absolute Gasteiger partial charge is 0.224 e. The molecule has 0 atom stereocenters. The molecule has 2 aromatic rings. The van der Waals surface area contributed by atoms with Gasteiger partial charge in [-0.3, -0.25) is 9.59 Å². The fraction of sp³-hybridized carbons (Fsp3) is 0.211. The molecule has 1 N–H and O–H groups in total. The third-order valence-corrected chi connectivity index (χ3v) is 3.62. The van der Waals surface area contributed by atoms with Crippen LogP contribution in [0.3, 0.4) is 0 Å². The second-order valence-corrected chi connectivity index (χ2v) is 5.48. The van der Waals surface area contributed by atoms with Crippen LogP contribution in [0.2, 0.25) is 0 Å². The first-order valence-corrected chi connectivity index (χ1v) is 7.79. The lowest BCUT2D eigenvalue weighted by Gasteiger charge is -2.21. The van der Waals surface area contributed by atoms with Gasteiger partial charge in [0.15, 0.2) is 0 Å². The second kappa shape index (κ2) is 8.60. The molecule has 2 aromatic carbocycles. The number of hydrogen-bond acceptors (Lipinski definition) is 3. The number of nitrogens with one attached hydrogen (secondary N) is 1. The Hall–Kier alpha value is -3.20. The molecule has 128 valence electrons. The predicted molar refractivity (Wildman–Crippen MR) is 92.3 cm³/mol. The van der Waals surface area contributed by atoms with Crippen molar-refractivity contribution in [2.75, 3.05) is 18.0 Å². The molecule has 0 aliphatic rings. The SMILES string of the molecule is CC(=O)N(CCNC(=O)Cc1ccc(F)cc1)c1ccc(C#N)cc1. The van der Waals surface area contributed by atoms with Crippen LogP contribution in [0.15, 0.2) is 48.5 Å². The summed E-state index contributed by atoms with van der Waals surface area (Å²) in [5.74, 6) is -0.698. The number of nitrogens with zero attached hydrogens (tertiary/aromatic N) is 2. The van der Waals surface area contributed by atoms with E-state index in [1.165, 1.54) is 24.0 Å². The van der Waals surface area contributed by atoms with Crippen molar-refractivity contribution in [2.45, 2.75) is 13.3 Å². The molecule has 0 aliphatic carbocycles. The first-order chi connectivity index (χ1) is 12.0. The molecule has 0 saturated carbocycles. The highest BCUT2D eigenvalue weighted by Gasteiger charge is 2.12. The number of hydrogen-bond donors (Lipinski definition) is 1. The summed E-state index contributed by atoms with van der Waals surface area (Å²) < 4.78 is 12.8. The standard InChI is InChI=1S/C19H18FN3O2/c1-14(24)23(18-8-4-16(13-21)5-9-18)11-10-22-19(25)12-15-2-6-17(20)7-3-15/h2-9H,10-12H2,1H3,(H,22,25). The lowest BCUT2D eigenvalue weighted by molar-refractivity contribution is -0.121. The van der Waals surface area contributed by atoms with Crippen LogP contribution in [0.25, 0.3) is 0 Å². The fourth-order valence-electron chi connectivity index (χ4n) is 2.34. The average Bonchev–Trinajstić information content (AvgIpc) is 2.60. The van der Waals surface area contributed by atoms with Crippen molar-refractivity contribution in [2.24, 2.45) is 0 Å². The summed E-state index contributed by atoms with van der Waals surface area (Å²) >= 11 is 0. The summed E-state index contributed by atoms with van der Waals surface area (Å²) in [7, 11) is 0. The van der Waals surface area contributed by atoms with E-state index in [9.17, 15) is 14.0 Å². The summed E-state index contributed by atoms with van der Waals surface area (Å²) in [5, 5.41) is 11.6. The largest absolute Gasteiger partial charge is 0.354 e. The number of benzene rings is 2. The van der Waals surface area contributed by atoms with Gasteiger partial charge >= 0.3 is 0 Å². The lowest BCUT2D eigenvalue weighted by Crippen LogP contribution is -2.38. The van der Waals surface area contributed by atoms with Gasteiger partial charge in [-0.25, -0.2) is 4.39 Å². The zero-order valence-corrected chi connectivity index (χ0v) is 13.8. The third kappa shape index (κ3) is 5.43. The number of carbonyl (C=O) groups excluding carboxylic acids is 2. The maximum absolute atomic E-state index is 12.8. The molecule has 2 rings (SSSR count). The minimum atomic E-state index is -0.344. The van der Waals surface area contributed by atoms with E-state index in [0.717, 1.165) is 5.56 Å². The van der Waals surface area contributed by atoms with Crippen molar-refractivity contribution in [1.29, 1.82) is 5.26 Å². The van der Waals surface area contributed by atoms with Crippen LogP contribution in [-0.4, -0.2) is 24.9 Å². The normalized spacial score (nSPS) is 9.96. The van der Waals surface area contributed by atoms with E-state index in [0.29, 0.717) is 24.3 Å². The van der Waals surface area contributed by atoms with Crippen LogP contribution < -0.4 is 10.2 Å². The Bertz CT molecular complexity index is 780. The van der Waals surface area contributed by atoms with Crippen molar-refractivity contribution in [3.63, 3.8) is 0 Å². The maximum atomic E-state index is 12.8. The van der Waals surface area contributed by atoms with E-state index in [1.807, 2.05) is 6.07 Å². The first kappa shape index (κ1) is 18.1. The van der Waals surface area contributed by atoms with Gasteiger partial charge in [0.1, 0.15) is 5.82 Å². The van der Waals surface area contributed by atoms with E-state index in [1.54, 1.807) is 36.4 Å². The molecule has 0 aromatic heterocycles. The van der Waals surface area contributed by atoms with Crippen LogP contribution in [0.4, 0.5) is 10.1 Å². The molecular weight excluding hydrogens is 321 g/mol. The van der Waals surface area contributed by atoms with Gasteiger partial charge in [-0.1, -0.05) is 12.1 Å². The minimum Gasteiger partial charge on any atom is -0.354 e. The average molecular weight is 339 g/mol. The Balaban J connectivity index is 1.88. The van der Waals surface area contributed by atoms with Gasteiger partial charge in [-0.05, 0) is 42.0 Å². The van der Waals surface area contributed by atoms with Crippen molar-refractivity contribution >= 4 is 17.5 Å². The molecule has 2 amide bonds. The van der Waals surface area contributed by atoms with Crippen molar-refractivity contribution in [3.05, 3.63) is 65.5 Å². The molecule has 5 nitrogen and oxygen atoms in total. The molecule has 0 saturated heterocycles. The number of carbonyl (C=O) groups is 2. The van der Waals surface area contributed by atoms with Crippen LogP contribution in [-0.2, 0) is 16.0 Å². The Morgan fingerprint density at radius 1 is 1.12 bits per heavy atom. The summed E-state index contributed by atoms with van der Waals surface area (Å²) in [6.45, 7) is 2.05. The fourth-order valence-corrected chi connectivity index (χ4v) is 2.34. The Morgan fingerprint density at radius 2 is 1.76 bits per heavy atom. The molecule has 0 spiro atoms. The highest BCUT2D eigenvalue weighted by Crippen LogP contribution is 2.15. The van der Waals surface area contributed by atoms with E-state index in [-0.39, 0.29) is 24.1 Å². The molecular formula is C19H18FN3O2. The molecule has 0 fully saturated rings. The van der Waals surface area contributed by atoms with Gasteiger partial charge in [0.25, 0.3) is 0 Å². The van der Waals surface area contributed by atoms with Gasteiger partial charge in [-0.15, -0.1) is 0 Å². The molecule has 0 bridgehead atoms. The highest BCUT2D eigenvalue weighted by atomic mass is 19.1. The van der Waals surface area contributed by atoms with Crippen LogP contribution >= 0.6 is 0 Å². The summed E-state index contributed by atoms with van der Waals surface area (Å²) in [6.07, 6.45) is 0.150. The number of nitriles is 1. The molecule has 25 heavy (non-hydrogen) atoms. The Labute approximate surface area is 145 Å². The first-order valence-electron chi connectivity index (χ1n) is 7.79. The zero-order valence-electron chi connectivity index (χ0n) is 13.8. The van der Waals surface area contributed by atoms with E-state index < -0.39 is 0 Å². The molecule has 6 heteroatoms. The van der Waals surface area contributed by atoms with Crippen LogP contribution in [0.1, 0.15) is 18.1 Å². The van der Waals surface area contributed by atoms with Gasteiger partial charge in [0.05, 0.1) is 18.1 Å². The topological polar surface area (TPSA) is 73.2 Å². The van der Waals surface area contributed by atoms with Gasteiger partial charge in [-0.2, -0.15) is 5.26 Å². The highest BCUT2D eigenvalue weighted by molar-refractivity contribution is 5.91. The molecule has 0 radical (unpaired) electrons. The zero-order chi connectivity index (χ0) is 18.2. The third-order valence-electron chi connectivity index (χ3n) is 3.62. The predicted octanol–water partition coefficient (Wildman–Crippen LogP) is 2.41. The van der Waals surface area contributed by atoms with E-state index in [2.05, 4.69) is 5.32 Å². The van der Waals surface area contributed by atoms with Crippen molar-refractivity contribution < 1.29 is 14.0 Å². The van der Waals surface area contributed by atoms with Crippen molar-refractivity contribution in [1.82, 2.24) is 5.32 Å².